The van der Waals surface area contributed by atoms with Crippen LogP contribution in [0.2, 0.25) is 0 Å². The first-order chi connectivity index (χ1) is 15.5. The van der Waals surface area contributed by atoms with Crippen molar-refractivity contribution in [1.82, 2.24) is 14.9 Å². The summed E-state index contributed by atoms with van der Waals surface area (Å²) < 4.78 is 1.94. The number of fused-ring (bicyclic) bond motifs is 4. The minimum atomic E-state index is -0.0598. The maximum atomic E-state index is 13.0. The maximum Gasteiger partial charge on any atom is 0.263 e. The summed E-state index contributed by atoms with van der Waals surface area (Å²) >= 11 is 1.48. The first-order valence-corrected chi connectivity index (χ1v) is 12.1. The lowest BCUT2D eigenvalue weighted by Gasteiger charge is -2.42. The average Bonchev–Trinajstić information content (AvgIpc) is 3.24. The Bertz CT molecular complexity index is 1180. The van der Waals surface area contributed by atoms with Gasteiger partial charge in [-0.05, 0) is 24.3 Å². The Labute approximate surface area is 191 Å². The molecule has 3 aromatic rings. The summed E-state index contributed by atoms with van der Waals surface area (Å²) in [6.07, 6.45) is 1.10. The van der Waals surface area contributed by atoms with Crippen molar-refractivity contribution < 1.29 is 4.79 Å². The van der Waals surface area contributed by atoms with E-state index in [1.807, 2.05) is 41.0 Å². The molecule has 0 spiro atoms. The number of aromatic nitrogens is 2. The van der Waals surface area contributed by atoms with Crippen molar-refractivity contribution in [3.8, 4) is 11.3 Å². The molecule has 2 aliphatic rings. The number of rotatable bonds is 5. The van der Waals surface area contributed by atoms with Crippen molar-refractivity contribution in [3.63, 3.8) is 0 Å². The first kappa shape index (κ1) is 20.9. The SMILES string of the molecule is CC(C)CNC(=O)c1sc(N2C[C@H]3C[C@@H](C2)c2cccc(=O)n2C3)nc1-c1ccccc1. The van der Waals surface area contributed by atoms with E-state index in [4.69, 9.17) is 4.98 Å². The molecule has 5 rings (SSSR count). The molecule has 2 atom stereocenters. The second kappa shape index (κ2) is 8.54. The number of pyridine rings is 1. The van der Waals surface area contributed by atoms with E-state index in [2.05, 4.69) is 30.1 Å². The fourth-order valence-electron chi connectivity index (χ4n) is 4.82. The van der Waals surface area contributed by atoms with Crippen LogP contribution >= 0.6 is 11.3 Å². The molecule has 0 radical (unpaired) electrons. The highest BCUT2D eigenvalue weighted by Crippen LogP contribution is 2.40. The molecule has 2 aromatic heterocycles. The number of benzene rings is 1. The molecule has 4 heterocycles. The van der Waals surface area contributed by atoms with Crippen molar-refractivity contribution in [2.75, 3.05) is 24.5 Å². The Morgan fingerprint density at radius 3 is 2.72 bits per heavy atom. The number of amides is 1. The molecule has 6 nitrogen and oxygen atoms in total. The molecule has 0 unspecified atom stereocenters. The van der Waals surface area contributed by atoms with Gasteiger partial charge in [0.1, 0.15) is 4.88 Å². The van der Waals surface area contributed by atoms with E-state index in [9.17, 15) is 9.59 Å². The Morgan fingerprint density at radius 1 is 1.12 bits per heavy atom. The summed E-state index contributed by atoms with van der Waals surface area (Å²) in [5.41, 5.74) is 2.92. The zero-order valence-electron chi connectivity index (χ0n) is 18.5. The number of piperidine rings is 1. The van der Waals surface area contributed by atoms with Gasteiger partial charge in [-0.2, -0.15) is 0 Å². The predicted octanol–water partition coefficient (Wildman–Crippen LogP) is 3.98. The Kier molecular flexibility index (Phi) is 5.59. The van der Waals surface area contributed by atoms with Crippen LogP contribution < -0.4 is 15.8 Å². The van der Waals surface area contributed by atoms with E-state index in [0.29, 0.717) is 29.2 Å². The van der Waals surface area contributed by atoms with Crippen molar-refractivity contribution in [1.29, 1.82) is 0 Å². The minimum Gasteiger partial charge on any atom is -0.351 e. The van der Waals surface area contributed by atoms with Crippen LogP contribution in [-0.2, 0) is 6.54 Å². The number of carbonyl (C=O) groups is 1. The number of carbonyl (C=O) groups excluding carboxylic acids is 1. The molecular formula is C25H28N4O2S. The fraction of sp³-hybridized carbons (Fsp3) is 0.400. The van der Waals surface area contributed by atoms with Gasteiger partial charge in [0.2, 0.25) is 0 Å². The molecule has 2 aliphatic heterocycles. The quantitative estimate of drug-likeness (QED) is 0.641. The van der Waals surface area contributed by atoms with Gasteiger partial charge in [0.25, 0.3) is 11.5 Å². The standard InChI is InChI=1S/C25H28N4O2S/c1-16(2)12-26-24(31)23-22(18-7-4-3-5-8-18)27-25(32-23)28-13-17-11-19(15-28)20-9-6-10-21(30)29(20)14-17/h3-10,16-17,19H,11-15H2,1-2H3,(H,26,31)/t17-,19+/m1/s1. The van der Waals surface area contributed by atoms with E-state index >= 15 is 0 Å². The lowest BCUT2D eigenvalue weighted by Crippen LogP contribution is -2.47. The van der Waals surface area contributed by atoms with Crippen LogP contribution in [0.4, 0.5) is 5.13 Å². The molecule has 7 heteroatoms. The molecule has 32 heavy (non-hydrogen) atoms. The molecule has 1 aromatic carbocycles. The third-order valence-corrected chi connectivity index (χ3v) is 7.41. The summed E-state index contributed by atoms with van der Waals surface area (Å²) in [5, 5.41) is 3.95. The van der Waals surface area contributed by atoms with Crippen LogP contribution in [-0.4, -0.2) is 35.1 Å². The second-order valence-electron chi connectivity index (χ2n) is 9.25. The normalized spacial score (nSPS) is 19.7. The topological polar surface area (TPSA) is 67.2 Å². The van der Waals surface area contributed by atoms with Crippen LogP contribution in [0, 0.1) is 11.8 Å². The maximum absolute atomic E-state index is 13.0. The molecule has 1 saturated heterocycles. The number of nitrogens with one attached hydrogen (secondary N) is 1. The highest BCUT2D eigenvalue weighted by molar-refractivity contribution is 7.18. The van der Waals surface area contributed by atoms with Gasteiger partial charge in [0.05, 0.1) is 5.69 Å². The number of hydrogen-bond acceptors (Lipinski definition) is 5. The predicted molar refractivity (Wildman–Crippen MR) is 128 cm³/mol. The Balaban J connectivity index is 1.48. The van der Waals surface area contributed by atoms with Crippen LogP contribution in [0.25, 0.3) is 11.3 Å². The number of hydrogen-bond donors (Lipinski definition) is 1. The van der Waals surface area contributed by atoms with Gasteiger partial charge in [0, 0.05) is 49.4 Å². The van der Waals surface area contributed by atoms with Crippen LogP contribution in [0.5, 0.6) is 0 Å². The van der Waals surface area contributed by atoms with E-state index in [1.54, 1.807) is 6.07 Å². The third kappa shape index (κ3) is 3.97. The van der Waals surface area contributed by atoms with Gasteiger partial charge in [-0.1, -0.05) is 61.6 Å². The summed E-state index contributed by atoms with van der Waals surface area (Å²) in [6, 6.07) is 15.5. The highest BCUT2D eigenvalue weighted by atomic mass is 32.1. The average molecular weight is 449 g/mol. The van der Waals surface area contributed by atoms with Gasteiger partial charge in [-0.3, -0.25) is 9.59 Å². The monoisotopic (exact) mass is 448 g/mol. The van der Waals surface area contributed by atoms with Gasteiger partial charge in [0.15, 0.2) is 5.13 Å². The molecule has 1 fully saturated rings. The van der Waals surface area contributed by atoms with Crippen LogP contribution in [0.1, 0.15) is 41.6 Å². The van der Waals surface area contributed by atoms with Crippen molar-refractivity contribution in [3.05, 3.63) is 69.5 Å². The number of anilines is 1. The zero-order valence-corrected chi connectivity index (χ0v) is 19.3. The summed E-state index contributed by atoms with van der Waals surface area (Å²) in [6.45, 7) is 7.24. The molecular weight excluding hydrogens is 420 g/mol. The van der Waals surface area contributed by atoms with Crippen LogP contribution in [0.3, 0.4) is 0 Å². The van der Waals surface area contributed by atoms with Gasteiger partial charge in [-0.15, -0.1) is 0 Å². The Morgan fingerprint density at radius 2 is 1.94 bits per heavy atom. The minimum absolute atomic E-state index is 0.0598. The highest BCUT2D eigenvalue weighted by Gasteiger charge is 2.36. The number of nitrogens with zero attached hydrogens (tertiary/aromatic N) is 3. The van der Waals surface area contributed by atoms with Gasteiger partial charge >= 0.3 is 0 Å². The van der Waals surface area contributed by atoms with Crippen molar-refractivity contribution >= 4 is 22.4 Å². The summed E-state index contributed by atoms with van der Waals surface area (Å²) in [4.78, 5) is 33.3. The fourth-order valence-corrected chi connectivity index (χ4v) is 5.84. The van der Waals surface area contributed by atoms with E-state index in [-0.39, 0.29) is 11.5 Å². The lowest BCUT2D eigenvalue weighted by atomic mass is 9.83. The molecule has 0 saturated carbocycles. The van der Waals surface area contributed by atoms with Gasteiger partial charge in [-0.25, -0.2) is 4.98 Å². The smallest absolute Gasteiger partial charge is 0.263 e. The zero-order chi connectivity index (χ0) is 22.2. The van der Waals surface area contributed by atoms with Crippen molar-refractivity contribution in [2.24, 2.45) is 11.8 Å². The lowest BCUT2D eigenvalue weighted by molar-refractivity contribution is 0.0953. The second-order valence-corrected chi connectivity index (χ2v) is 10.2. The van der Waals surface area contributed by atoms with Crippen molar-refractivity contribution in [2.45, 2.75) is 32.7 Å². The van der Waals surface area contributed by atoms with Crippen LogP contribution in [0.15, 0.2) is 53.3 Å². The first-order valence-electron chi connectivity index (χ1n) is 11.3. The number of thiazole rings is 1. The third-order valence-electron chi connectivity index (χ3n) is 6.29. The largest absolute Gasteiger partial charge is 0.351 e. The molecule has 1 N–H and O–H groups in total. The van der Waals surface area contributed by atoms with Gasteiger partial charge < -0.3 is 14.8 Å². The summed E-state index contributed by atoms with van der Waals surface area (Å²) in [5.74, 6) is 1.04. The molecule has 1 amide bonds. The van der Waals surface area contributed by atoms with E-state index in [0.717, 1.165) is 48.1 Å². The Hall–Kier alpha value is -2.93. The van der Waals surface area contributed by atoms with E-state index in [1.165, 1.54) is 11.3 Å². The molecule has 0 aliphatic carbocycles. The molecule has 166 valence electrons. The summed E-state index contributed by atoms with van der Waals surface area (Å²) in [7, 11) is 0. The van der Waals surface area contributed by atoms with E-state index < -0.39 is 0 Å². The molecule has 2 bridgehead atoms.